The first-order valence-corrected chi connectivity index (χ1v) is 11.8. The lowest BCUT2D eigenvalue weighted by atomic mass is 9.87. The van der Waals surface area contributed by atoms with Crippen LogP contribution in [0.2, 0.25) is 0 Å². The number of rotatable bonds is 3. The Kier molecular flexibility index (Phi) is 4.70. The minimum Gasteiger partial charge on any atom is -0.340 e. The van der Waals surface area contributed by atoms with Crippen molar-refractivity contribution in [3.05, 3.63) is 78.2 Å². The number of aromatic nitrogens is 3. The highest BCUT2D eigenvalue weighted by atomic mass is 16.2. The Labute approximate surface area is 204 Å². The Morgan fingerprint density at radius 3 is 2.63 bits per heavy atom. The van der Waals surface area contributed by atoms with E-state index in [1.54, 1.807) is 0 Å². The van der Waals surface area contributed by atoms with E-state index in [-0.39, 0.29) is 11.8 Å². The lowest BCUT2D eigenvalue weighted by molar-refractivity contribution is -0.121. The average Bonchev–Trinajstić information content (AvgIpc) is 3.56. The average molecular weight is 463 g/mol. The third kappa shape index (κ3) is 3.46. The summed E-state index contributed by atoms with van der Waals surface area (Å²) < 4.78 is 4.32. The normalized spacial score (nSPS) is 16.9. The van der Waals surface area contributed by atoms with Gasteiger partial charge in [-0.05, 0) is 67.8 Å². The van der Waals surface area contributed by atoms with E-state index in [2.05, 4.69) is 44.6 Å². The van der Waals surface area contributed by atoms with Gasteiger partial charge in [0.2, 0.25) is 5.91 Å². The fourth-order valence-corrected chi connectivity index (χ4v) is 5.32. The van der Waals surface area contributed by atoms with Gasteiger partial charge in [-0.1, -0.05) is 12.1 Å². The van der Waals surface area contributed by atoms with E-state index in [4.69, 9.17) is 11.0 Å². The molecule has 7 heteroatoms. The molecule has 4 heterocycles. The van der Waals surface area contributed by atoms with Crippen molar-refractivity contribution in [3.63, 3.8) is 0 Å². The minimum atomic E-state index is -0.537. The molecular weight excluding hydrogens is 436 g/mol. The highest BCUT2D eigenvalue weighted by molar-refractivity contribution is 5.98. The molecular formula is C28H26N6O. The number of amides is 1. The molecule has 0 radical (unpaired) electrons. The Balaban J connectivity index is 1.40. The summed E-state index contributed by atoms with van der Waals surface area (Å²) in [6.45, 7) is 5.19. The van der Waals surface area contributed by atoms with E-state index in [1.807, 2.05) is 61.5 Å². The van der Waals surface area contributed by atoms with E-state index in [9.17, 15) is 4.79 Å². The molecule has 35 heavy (non-hydrogen) atoms. The molecule has 1 saturated heterocycles. The molecule has 2 aromatic carbocycles. The minimum absolute atomic E-state index is 0.0964. The van der Waals surface area contributed by atoms with Gasteiger partial charge in [0.1, 0.15) is 0 Å². The highest BCUT2D eigenvalue weighted by Crippen LogP contribution is 2.37. The van der Waals surface area contributed by atoms with Crippen molar-refractivity contribution < 1.29 is 4.79 Å². The van der Waals surface area contributed by atoms with Crippen LogP contribution < -0.4 is 10.6 Å². The maximum Gasteiger partial charge on any atom is 0.231 e. The number of imidazole rings is 1. The number of anilines is 1. The van der Waals surface area contributed by atoms with Gasteiger partial charge in [0.15, 0.2) is 5.82 Å². The maximum atomic E-state index is 13.2. The van der Waals surface area contributed by atoms with Gasteiger partial charge in [-0.3, -0.25) is 9.36 Å². The second-order valence-corrected chi connectivity index (χ2v) is 10.0. The molecule has 1 unspecified atom stereocenters. The van der Waals surface area contributed by atoms with E-state index in [0.717, 1.165) is 46.0 Å². The molecule has 0 spiro atoms. The smallest absolute Gasteiger partial charge is 0.231 e. The molecule has 7 nitrogen and oxygen atoms in total. The van der Waals surface area contributed by atoms with Gasteiger partial charge in [-0.25, -0.2) is 4.98 Å². The van der Waals surface area contributed by atoms with Crippen molar-refractivity contribution in [2.45, 2.75) is 32.4 Å². The molecule has 4 aromatic rings. The zero-order chi connectivity index (χ0) is 24.3. The number of nitrogens with two attached hydrogens (primary N) is 1. The number of carbonyl (C=O) groups excluding carboxylic acids is 1. The summed E-state index contributed by atoms with van der Waals surface area (Å²) in [6, 6.07) is 18.2. The molecule has 2 aromatic heterocycles. The van der Waals surface area contributed by atoms with Crippen LogP contribution in [0.3, 0.4) is 0 Å². The van der Waals surface area contributed by atoms with Crippen molar-refractivity contribution in [1.82, 2.24) is 14.1 Å². The molecule has 0 aliphatic carbocycles. The SMILES string of the molecule is CC(C)(N)C1CCN(c2ccc3c(c2)Cn2cc(-c4ccc(C#N)cc4)cc2-c2nccn2-3)C1=O. The summed E-state index contributed by atoms with van der Waals surface area (Å²) in [4.78, 5) is 19.7. The van der Waals surface area contributed by atoms with E-state index >= 15 is 0 Å². The predicted molar refractivity (Wildman–Crippen MR) is 135 cm³/mol. The van der Waals surface area contributed by atoms with Gasteiger partial charge in [0, 0.05) is 48.5 Å². The molecule has 2 aliphatic heterocycles. The van der Waals surface area contributed by atoms with Crippen LogP contribution in [0.5, 0.6) is 0 Å². The van der Waals surface area contributed by atoms with Crippen molar-refractivity contribution in [2.75, 3.05) is 11.4 Å². The van der Waals surface area contributed by atoms with Crippen LogP contribution in [0.25, 0.3) is 28.3 Å². The highest BCUT2D eigenvalue weighted by Gasteiger charge is 2.40. The lowest BCUT2D eigenvalue weighted by Crippen LogP contribution is -2.45. The molecule has 0 bridgehead atoms. The summed E-state index contributed by atoms with van der Waals surface area (Å²) in [7, 11) is 0. The Morgan fingerprint density at radius 2 is 1.91 bits per heavy atom. The number of benzene rings is 2. The summed E-state index contributed by atoms with van der Waals surface area (Å²) in [5, 5.41) is 9.12. The van der Waals surface area contributed by atoms with Crippen molar-refractivity contribution in [3.8, 4) is 34.4 Å². The monoisotopic (exact) mass is 462 g/mol. The van der Waals surface area contributed by atoms with Gasteiger partial charge in [0.25, 0.3) is 0 Å². The van der Waals surface area contributed by atoms with Crippen LogP contribution in [-0.4, -0.2) is 32.1 Å². The zero-order valence-electron chi connectivity index (χ0n) is 19.8. The lowest BCUT2D eigenvalue weighted by Gasteiger charge is -2.26. The molecule has 6 rings (SSSR count). The third-order valence-corrected chi connectivity index (χ3v) is 7.19. The molecule has 174 valence electrons. The van der Waals surface area contributed by atoms with Gasteiger partial charge < -0.3 is 15.2 Å². The second-order valence-electron chi connectivity index (χ2n) is 10.0. The number of hydrogen-bond donors (Lipinski definition) is 1. The summed E-state index contributed by atoms with van der Waals surface area (Å²) in [6.07, 6.45) is 6.69. The van der Waals surface area contributed by atoms with Gasteiger partial charge >= 0.3 is 0 Å². The fourth-order valence-electron chi connectivity index (χ4n) is 5.32. The standard InChI is InChI=1S/C28H26N6O/c1-28(2,30)23-9-11-33(27(23)35)22-7-8-24-21(13-22)17-32-16-20(19-5-3-18(15-29)4-6-19)14-25(32)26-31-10-12-34(24)26/h3-8,10,12-14,16,23H,9,11,17,30H2,1-2H3. The van der Waals surface area contributed by atoms with Gasteiger partial charge in [-0.2, -0.15) is 5.26 Å². The van der Waals surface area contributed by atoms with E-state index in [0.29, 0.717) is 18.7 Å². The molecule has 2 N–H and O–H groups in total. The molecule has 2 aliphatic rings. The van der Waals surface area contributed by atoms with Crippen molar-refractivity contribution in [1.29, 1.82) is 5.26 Å². The van der Waals surface area contributed by atoms with E-state index < -0.39 is 5.54 Å². The molecule has 1 atom stereocenters. The fraction of sp³-hybridized carbons (Fsp3) is 0.250. The number of fused-ring (bicyclic) bond motifs is 5. The quantitative estimate of drug-likeness (QED) is 0.432. The Bertz CT molecular complexity index is 1500. The topological polar surface area (TPSA) is 92.9 Å². The van der Waals surface area contributed by atoms with Crippen LogP contribution in [-0.2, 0) is 11.3 Å². The number of nitriles is 1. The summed E-state index contributed by atoms with van der Waals surface area (Å²) in [5.74, 6) is 0.797. The Hall–Kier alpha value is -4.15. The number of hydrogen-bond acceptors (Lipinski definition) is 4. The van der Waals surface area contributed by atoms with Crippen LogP contribution >= 0.6 is 0 Å². The number of carbonyl (C=O) groups is 1. The van der Waals surface area contributed by atoms with Crippen molar-refractivity contribution >= 4 is 11.6 Å². The summed E-state index contributed by atoms with van der Waals surface area (Å²) >= 11 is 0. The molecule has 1 fully saturated rings. The first kappa shape index (κ1) is 21.4. The van der Waals surface area contributed by atoms with Crippen molar-refractivity contribution in [2.24, 2.45) is 11.7 Å². The van der Waals surface area contributed by atoms with Crippen LogP contribution in [0, 0.1) is 17.2 Å². The van der Waals surface area contributed by atoms with Crippen LogP contribution in [0.1, 0.15) is 31.4 Å². The van der Waals surface area contributed by atoms with Gasteiger partial charge in [0.05, 0.1) is 28.9 Å². The molecule has 0 saturated carbocycles. The number of nitrogens with zero attached hydrogens (tertiary/aromatic N) is 5. The van der Waals surface area contributed by atoms with Crippen LogP contribution in [0.15, 0.2) is 67.1 Å². The first-order valence-electron chi connectivity index (χ1n) is 11.8. The van der Waals surface area contributed by atoms with Gasteiger partial charge in [-0.15, -0.1) is 0 Å². The Morgan fingerprint density at radius 1 is 1.11 bits per heavy atom. The summed E-state index contributed by atoms with van der Waals surface area (Å²) in [5.41, 5.74) is 12.6. The van der Waals surface area contributed by atoms with E-state index in [1.165, 1.54) is 0 Å². The predicted octanol–water partition coefficient (Wildman–Crippen LogP) is 4.33. The zero-order valence-corrected chi connectivity index (χ0v) is 19.8. The molecule has 1 amide bonds. The third-order valence-electron chi connectivity index (χ3n) is 7.19. The first-order chi connectivity index (χ1) is 16.8. The largest absolute Gasteiger partial charge is 0.340 e. The van der Waals surface area contributed by atoms with Crippen LogP contribution in [0.4, 0.5) is 5.69 Å². The second kappa shape index (κ2) is 7.69. The maximum absolute atomic E-state index is 13.2.